The van der Waals surface area contributed by atoms with E-state index < -0.39 is 0 Å². The molecule has 1 aliphatic heterocycles. The van der Waals surface area contributed by atoms with Gasteiger partial charge in [0.25, 0.3) is 0 Å². The normalized spacial score (nSPS) is 29.2. The van der Waals surface area contributed by atoms with Gasteiger partial charge in [-0.1, -0.05) is 0 Å². The summed E-state index contributed by atoms with van der Waals surface area (Å²) in [6.45, 7) is 5.78. The minimum Gasteiger partial charge on any atom is -0.311 e. The van der Waals surface area contributed by atoms with E-state index in [-0.39, 0.29) is 0 Å². The average molecular weight is 237 g/mol. The third kappa shape index (κ3) is 2.14. The molecule has 4 heteroatoms. The third-order valence-corrected chi connectivity index (χ3v) is 4.73. The van der Waals surface area contributed by atoms with Crippen LogP contribution < -0.4 is 5.32 Å². The number of thiazole rings is 1. The van der Waals surface area contributed by atoms with Crippen LogP contribution in [0, 0.1) is 5.92 Å². The Kier molecular flexibility index (Phi) is 2.96. The van der Waals surface area contributed by atoms with Gasteiger partial charge in [0.1, 0.15) is 5.01 Å². The number of hydrogen-bond donors (Lipinski definition) is 1. The fourth-order valence-electron chi connectivity index (χ4n) is 2.57. The lowest BCUT2D eigenvalue weighted by Gasteiger charge is -2.37. The monoisotopic (exact) mass is 237 g/mol. The first-order valence-corrected chi connectivity index (χ1v) is 7.09. The minimum absolute atomic E-state index is 0.489. The fraction of sp³-hybridized carbons (Fsp3) is 0.750. The molecule has 1 N–H and O–H groups in total. The molecule has 1 saturated carbocycles. The van der Waals surface area contributed by atoms with Crippen molar-refractivity contribution in [1.82, 2.24) is 15.2 Å². The molecule has 1 aromatic rings. The number of nitrogens with one attached hydrogen (secondary N) is 1. The van der Waals surface area contributed by atoms with E-state index in [4.69, 9.17) is 0 Å². The summed E-state index contributed by atoms with van der Waals surface area (Å²) in [5.74, 6) is 0.950. The van der Waals surface area contributed by atoms with Gasteiger partial charge in [-0.25, -0.2) is 4.98 Å². The summed E-state index contributed by atoms with van der Waals surface area (Å²) < 4.78 is 0. The highest BCUT2D eigenvalue weighted by atomic mass is 32.1. The van der Waals surface area contributed by atoms with Gasteiger partial charge in [0, 0.05) is 37.3 Å². The van der Waals surface area contributed by atoms with Crippen LogP contribution in [0.3, 0.4) is 0 Å². The largest absolute Gasteiger partial charge is 0.311 e. The second-order valence-corrected chi connectivity index (χ2v) is 5.87. The molecule has 2 aliphatic rings. The van der Waals surface area contributed by atoms with Crippen molar-refractivity contribution in [3.8, 4) is 0 Å². The lowest BCUT2D eigenvalue weighted by Crippen LogP contribution is -2.52. The molecule has 0 spiro atoms. The molecule has 1 saturated heterocycles. The quantitative estimate of drug-likeness (QED) is 0.870. The Hall–Kier alpha value is -0.450. The Morgan fingerprint density at radius 2 is 2.44 bits per heavy atom. The third-order valence-electron chi connectivity index (χ3n) is 3.78. The number of rotatable bonds is 3. The van der Waals surface area contributed by atoms with Crippen molar-refractivity contribution in [1.29, 1.82) is 0 Å². The maximum Gasteiger partial charge on any atom is 0.109 e. The highest BCUT2D eigenvalue weighted by Gasteiger charge is 2.35. The molecule has 0 amide bonds. The van der Waals surface area contributed by atoms with Gasteiger partial charge in [0.05, 0.1) is 6.04 Å². The molecule has 2 heterocycles. The smallest absolute Gasteiger partial charge is 0.109 e. The van der Waals surface area contributed by atoms with Crippen LogP contribution in [-0.4, -0.2) is 35.6 Å². The van der Waals surface area contributed by atoms with Gasteiger partial charge in [-0.3, -0.25) is 4.90 Å². The van der Waals surface area contributed by atoms with E-state index in [9.17, 15) is 0 Å². The molecule has 16 heavy (non-hydrogen) atoms. The van der Waals surface area contributed by atoms with Crippen molar-refractivity contribution in [2.24, 2.45) is 5.92 Å². The molecule has 1 aliphatic carbocycles. The van der Waals surface area contributed by atoms with Gasteiger partial charge in [-0.2, -0.15) is 0 Å². The minimum atomic E-state index is 0.489. The zero-order valence-electron chi connectivity index (χ0n) is 9.72. The van der Waals surface area contributed by atoms with Crippen molar-refractivity contribution in [2.45, 2.75) is 31.8 Å². The van der Waals surface area contributed by atoms with Gasteiger partial charge in [-0.15, -0.1) is 11.3 Å². The van der Waals surface area contributed by atoms with E-state index in [1.54, 1.807) is 11.3 Å². The predicted molar refractivity (Wildman–Crippen MR) is 66.6 cm³/mol. The van der Waals surface area contributed by atoms with Gasteiger partial charge in [0.15, 0.2) is 0 Å². The molecule has 2 unspecified atom stereocenters. The Labute approximate surface area is 101 Å². The molecule has 2 atom stereocenters. The van der Waals surface area contributed by atoms with E-state index >= 15 is 0 Å². The summed E-state index contributed by atoms with van der Waals surface area (Å²) in [6, 6.07) is 1.22. The van der Waals surface area contributed by atoms with Gasteiger partial charge < -0.3 is 5.32 Å². The fourth-order valence-corrected chi connectivity index (χ4v) is 3.29. The number of nitrogens with zero attached hydrogens (tertiary/aromatic N) is 2. The molecular formula is C12H19N3S. The first-order valence-electron chi connectivity index (χ1n) is 6.21. The number of piperazine rings is 1. The molecule has 0 aromatic carbocycles. The molecular weight excluding hydrogens is 218 g/mol. The van der Waals surface area contributed by atoms with E-state index in [1.807, 2.05) is 6.20 Å². The molecule has 1 aromatic heterocycles. The van der Waals surface area contributed by atoms with Crippen LogP contribution >= 0.6 is 11.3 Å². The Bertz CT molecular complexity index is 334. The Balaban J connectivity index is 1.65. The van der Waals surface area contributed by atoms with Crippen molar-refractivity contribution >= 4 is 11.3 Å². The predicted octanol–water partition coefficient (Wildman–Crippen LogP) is 1.89. The van der Waals surface area contributed by atoms with Crippen LogP contribution in [0.2, 0.25) is 0 Å². The average Bonchev–Trinajstić information content (AvgIpc) is 3.04. The summed E-state index contributed by atoms with van der Waals surface area (Å²) in [6.07, 6.45) is 4.77. The first kappa shape index (κ1) is 10.7. The van der Waals surface area contributed by atoms with Gasteiger partial charge in [-0.05, 0) is 25.7 Å². The summed E-state index contributed by atoms with van der Waals surface area (Å²) in [4.78, 5) is 7.01. The lowest BCUT2D eigenvalue weighted by atomic mass is 10.1. The van der Waals surface area contributed by atoms with Crippen molar-refractivity contribution in [3.05, 3.63) is 16.6 Å². The molecule has 0 radical (unpaired) electrons. The standard InChI is InChI=1S/C12H19N3S/c1-9(12-14-5-7-16-12)15-6-4-13-11(8-15)10-2-3-10/h5,7,9-11,13H,2-4,6,8H2,1H3. The summed E-state index contributed by atoms with van der Waals surface area (Å²) in [5.41, 5.74) is 0. The van der Waals surface area contributed by atoms with Gasteiger partial charge in [0.2, 0.25) is 0 Å². The Morgan fingerprint density at radius 3 is 3.12 bits per heavy atom. The molecule has 88 valence electrons. The Morgan fingerprint density at radius 1 is 1.56 bits per heavy atom. The second kappa shape index (κ2) is 4.43. The molecule has 3 rings (SSSR count). The van der Waals surface area contributed by atoms with Crippen LogP contribution in [0.25, 0.3) is 0 Å². The van der Waals surface area contributed by atoms with Crippen molar-refractivity contribution < 1.29 is 0 Å². The summed E-state index contributed by atoms with van der Waals surface area (Å²) >= 11 is 1.78. The number of aromatic nitrogens is 1. The lowest BCUT2D eigenvalue weighted by molar-refractivity contribution is 0.144. The van der Waals surface area contributed by atoms with Crippen LogP contribution in [0.4, 0.5) is 0 Å². The van der Waals surface area contributed by atoms with Crippen LogP contribution in [-0.2, 0) is 0 Å². The SMILES string of the molecule is CC(c1nccs1)N1CCNC(C2CC2)C1. The maximum atomic E-state index is 4.43. The van der Waals surface area contributed by atoms with E-state index in [2.05, 4.69) is 27.5 Å². The molecule has 2 fully saturated rings. The zero-order valence-corrected chi connectivity index (χ0v) is 10.5. The van der Waals surface area contributed by atoms with Crippen molar-refractivity contribution in [3.63, 3.8) is 0 Å². The first-order chi connectivity index (χ1) is 7.84. The summed E-state index contributed by atoms with van der Waals surface area (Å²) in [5, 5.41) is 6.99. The van der Waals surface area contributed by atoms with Crippen molar-refractivity contribution in [2.75, 3.05) is 19.6 Å². The van der Waals surface area contributed by atoms with Crippen LogP contribution in [0.15, 0.2) is 11.6 Å². The topological polar surface area (TPSA) is 28.2 Å². The zero-order chi connectivity index (χ0) is 11.0. The number of hydrogen-bond acceptors (Lipinski definition) is 4. The molecule has 3 nitrogen and oxygen atoms in total. The van der Waals surface area contributed by atoms with Gasteiger partial charge >= 0.3 is 0 Å². The van der Waals surface area contributed by atoms with E-state index in [0.717, 1.165) is 25.0 Å². The molecule has 0 bridgehead atoms. The second-order valence-electron chi connectivity index (χ2n) is 4.94. The maximum absolute atomic E-state index is 4.43. The highest BCUT2D eigenvalue weighted by Crippen LogP contribution is 2.35. The van der Waals surface area contributed by atoms with Crippen LogP contribution in [0.1, 0.15) is 30.8 Å². The highest BCUT2D eigenvalue weighted by molar-refractivity contribution is 7.09. The van der Waals surface area contributed by atoms with E-state index in [0.29, 0.717) is 6.04 Å². The summed E-state index contributed by atoms with van der Waals surface area (Å²) in [7, 11) is 0. The van der Waals surface area contributed by atoms with E-state index in [1.165, 1.54) is 24.4 Å². The van der Waals surface area contributed by atoms with Crippen LogP contribution in [0.5, 0.6) is 0 Å².